The fourth-order valence-corrected chi connectivity index (χ4v) is 11.4. The maximum atomic E-state index is 10.6. The second kappa shape index (κ2) is 14.8. The van der Waals surface area contributed by atoms with Gasteiger partial charge < -0.3 is 9.80 Å². The molecule has 4 nitrogen and oxygen atoms in total. The number of rotatable bonds is 6. The molecule has 9 aromatic carbocycles. The molecule has 4 heteroatoms. The van der Waals surface area contributed by atoms with Crippen molar-refractivity contribution < 1.29 is 0 Å². The lowest BCUT2D eigenvalue weighted by atomic mass is 9.49. The largest absolute Gasteiger partial charge is 0.320 e. The van der Waals surface area contributed by atoms with Crippen LogP contribution in [0.25, 0.3) is 48.3 Å². The van der Waals surface area contributed by atoms with Crippen molar-refractivity contribution in [3.05, 3.63) is 210 Å². The van der Waals surface area contributed by atoms with Crippen LogP contribution in [0.1, 0.15) is 58.2 Å². The predicted molar refractivity (Wildman–Crippen MR) is 264 cm³/mol. The summed E-state index contributed by atoms with van der Waals surface area (Å²) in [7, 11) is 0. The Bertz CT molecular complexity index is 3320. The van der Waals surface area contributed by atoms with Crippen molar-refractivity contribution in [2.45, 2.75) is 47.0 Å². The minimum atomic E-state index is -0.514. The van der Waals surface area contributed by atoms with Crippen LogP contribution in [-0.2, 0) is 5.41 Å². The Balaban J connectivity index is 1.36. The molecule has 0 amide bonds. The van der Waals surface area contributed by atoms with Gasteiger partial charge in [0.25, 0.3) is 0 Å². The summed E-state index contributed by atoms with van der Waals surface area (Å²) in [6.45, 7) is 22.6. The molecule has 1 aliphatic rings. The average molecular weight is 813 g/mol. The van der Waals surface area contributed by atoms with Gasteiger partial charge in [-0.1, -0.05) is 163 Å². The van der Waals surface area contributed by atoms with Gasteiger partial charge in [0.15, 0.2) is 0 Å². The number of anilines is 6. The molecule has 304 valence electrons. The summed E-state index contributed by atoms with van der Waals surface area (Å²) in [5.74, 6) is 0. The number of benzene rings is 9. The van der Waals surface area contributed by atoms with E-state index in [4.69, 9.17) is 6.57 Å². The van der Waals surface area contributed by atoms with Crippen molar-refractivity contribution in [2.24, 2.45) is 10.8 Å². The summed E-state index contributed by atoms with van der Waals surface area (Å²) in [6.07, 6.45) is 0. The summed E-state index contributed by atoms with van der Waals surface area (Å²) >= 11 is 0. The predicted octanol–water partition coefficient (Wildman–Crippen LogP) is 16.9. The van der Waals surface area contributed by atoms with E-state index in [0.29, 0.717) is 11.3 Å². The standard InChI is InChI=1S/C59H48N4/c1-57(2,3)59(58(4,5)6)49-37-53(63(41-25-12-9-13-26-41)51-32-20-14-22-39(51)38-60)44-28-16-18-30-46(44)54(49)55-45-29-17-15-27-43(45)48-36-42(34-35-47(48)56(55)59)62(40-23-10-8-11-24-40)52-33-21-19-31-50(52)61-7/h8-37H,1-6H3. The SMILES string of the molecule is [C-]#[N+]c1ccccc1N(c1ccccc1)c1ccc2c3c(c4ccccc4c2c1)-c1c(cc(N(c2ccccc2)c2ccccc2C#N)c2ccccc12)C3(C(C)(C)C)C(C)(C)C. The van der Waals surface area contributed by atoms with Crippen molar-refractivity contribution in [2.75, 3.05) is 9.80 Å². The van der Waals surface area contributed by atoms with Gasteiger partial charge in [-0.25, -0.2) is 4.85 Å². The van der Waals surface area contributed by atoms with Gasteiger partial charge >= 0.3 is 0 Å². The molecule has 0 unspecified atom stereocenters. The van der Waals surface area contributed by atoms with Crippen molar-refractivity contribution in [1.82, 2.24) is 0 Å². The fraction of sp³-hybridized carbons (Fsp3) is 0.153. The Kier molecular flexibility index (Phi) is 9.25. The van der Waals surface area contributed by atoms with Gasteiger partial charge in [-0.2, -0.15) is 5.26 Å². The van der Waals surface area contributed by atoms with Crippen LogP contribution in [0.2, 0.25) is 0 Å². The van der Waals surface area contributed by atoms with Gasteiger partial charge in [-0.3, -0.25) is 0 Å². The second-order valence-electron chi connectivity index (χ2n) is 18.7. The molecular weight excluding hydrogens is 765 g/mol. The molecule has 0 aliphatic heterocycles. The van der Waals surface area contributed by atoms with E-state index < -0.39 is 5.41 Å². The van der Waals surface area contributed by atoms with Crippen LogP contribution in [0.4, 0.5) is 39.8 Å². The van der Waals surface area contributed by atoms with Crippen molar-refractivity contribution in [1.29, 1.82) is 5.26 Å². The van der Waals surface area contributed by atoms with Gasteiger partial charge in [0.1, 0.15) is 6.07 Å². The quantitative estimate of drug-likeness (QED) is 0.124. The molecule has 0 atom stereocenters. The van der Waals surface area contributed by atoms with E-state index in [-0.39, 0.29) is 10.8 Å². The zero-order chi connectivity index (χ0) is 43.7. The molecule has 0 radical (unpaired) electrons. The third kappa shape index (κ3) is 5.86. The van der Waals surface area contributed by atoms with E-state index in [1.54, 1.807) is 0 Å². The zero-order valence-electron chi connectivity index (χ0n) is 36.6. The van der Waals surface area contributed by atoms with Crippen LogP contribution >= 0.6 is 0 Å². The number of hydrogen-bond acceptors (Lipinski definition) is 3. The van der Waals surface area contributed by atoms with Crippen LogP contribution in [-0.4, -0.2) is 0 Å². The number of fused-ring (bicyclic) bond motifs is 10. The fourth-order valence-electron chi connectivity index (χ4n) is 11.4. The van der Waals surface area contributed by atoms with Gasteiger partial charge in [0.2, 0.25) is 5.69 Å². The monoisotopic (exact) mass is 812 g/mol. The molecule has 0 heterocycles. The van der Waals surface area contributed by atoms with Crippen LogP contribution in [0.5, 0.6) is 0 Å². The topological polar surface area (TPSA) is 34.6 Å². The first-order chi connectivity index (χ1) is 30.5. The smallest absolute Gasteiger partial charge is 0.210 e. The highest BCUT2D eigenvalue weighted by Gasteiger charge is 2.59. The maximum Gasteiger partial charge on any atom is 0.210 e. The average Bonchev–Trinajstić information content (AvgIpc) is 3.64. The Morgan fingerprint density at radius 3 is 1.60 bits per heavy atom. The maximum absolute atomic E-state index is 10.6. The molecule has 1 aliphatic carbocycles. The molecule has 0 aromatic heterocycles. The Hall–Kier alpha value is -7.66. The van der Waals surface area contributed by atoms with Gasteiger partial charge in [-0.05, 0) is 121 Å². The summed E-state index contributed by atoms with van der Waals surface area (Å²) in [5.41, 5.74) is 11.0. The molecule has 0 saturated heterocycles. The molecule has 0 N–H and O–H groups in total. The minimum absolute atomic E-state index is 0.286. The highest BCUT2D eigenvalue weighted by atomic mass is 15.2. The Morgan fingerprint density at radius 1 is 0.460 bits per heavy atom. The van der Waals surface area contributed by atoms with E-state index in [2.05, 4.69) is 190 Å². The van der Waals surface area contributed by atoms with Crippen LogP contribution in [0.3, 0.4) is 0 Å². The van der Waals surface area contributed by atoms with Gasteiger partial charge in [0.05, 0.1) is 29.2 Å². The third-order valence-electron chi connectivity index (χ3n) is 13.3. The third-order valence-corrected chi connectivity index (χ3v) is 13.3. The Labute approximate surface area is 370 Å². The first-order valence-corrected chi connectivity index (χ1v) is 21.7. The molecule has 9 aromatic rings. The van der Waals surface area contributed by atoms with Crippen molar-refractivity contribution >= 4 is 72.1 Å². The lowest BCUT2D eigenvalue weighted by Crippen LogP contribution is -2.50. The van der Waals surface area contributed by atoms with Crippen molar-refractivity contribution in [3.8, 4) is 17.2 Å². The molecule has 10 rings (SSSR count). The summed E-state index contributed by atoms with van der Waals surface area (Å²) in [5, 5.41) is 17.7. The number of hydrogen-bond donors (Lipinski definition) is 0. The summed E-state index contributed by atoms with van der Waals surface area (Å²) in [6, 6.07) is 66.4. The first-order valence-electron chi connectivity index (χ1n) is 21.7. The molecule has 63 heavy (non-hydrogen) atoms. The number of nitriles is 1. The van der Waals surface area contributed by atoms with E-state index in [0.717, 1.165) is 39.5 Å². The highest BCUT2D eigenvalue weighted by Crippen LogP contribution is 2.69. The number of nitrogens with zero attached hydrogens (tertiary/aromatic N) is 4. The van der Waals surface area contributed by atoms with E-state index in [9.17, 15) is 5.26 Å². The molecule has 0 fully saturated rings. The first kappa shape index (κ1) is 39.5. The molecule has 0 saturated carbocycles. The van der Waals surface area contributed by atoms with Crippen LogP contribution < -0.4 is 9.80 Å². The van der Waals surface area contributed by atoms with Gasteiger partial charge in [-0.15, -0.1) is 0 Å². The lowest BCUT2D eigenvalue weighted by molar-refractivity contribution is 0.0965. The van der Waals surface area contributed by atoms with Crippen LogP contribution in [0, 0.1) is 28.7 Å². The molecule has 0 bridgehead atoms. The summed E-state index contributed by atoms with van der Waals surface area (Å²) < 4.78 is 0. The highest BCUT2D eigenvalue weighted by molar-refractivity contribution is 6.23. The minimum Gasteiger partial charge on any atom is -0.320 e. The summed E-state index contributed by atoms with van der Waals surface area (Å²) in [4.78, 5) is 8.50. The van der Waals surface area contributed by atoms with E-state index >= 15 is 0 Å². The molecular formula is C59H48N4. The normalized spacial score (nSPS) is 13.0. The van der Waals surface area contributed by atoms with E-state index in [1.165, 1.54) is 49.2 Å². The van der Waals surface area contributed by atoms with Crippen LogP contribution in [0.15, 0.2) is 182 Å². The second-order valence-corrected chi connectivity index (χ2v) is 18.7. The number of para-hydroxylation sites is 5. The van der Waals surface area contributed by atoms with E-state index in [1.807, 2.05) is 54.6 Å². The van der Waals surface area contributed by atoms with Crippen molar-refractivity contribution in [3.63, 3.8) is 0 Å². The van der Waals surface area contributed by atoms with Gasteiger partial charge in [0, 0.05) is 27.9 Å². The Morgan fingerprint density at radius 2 is 0.984 bits per heavy atom. The zero-order valence-corrected chi connectivity index (χ0v) is 36.6. The molecule has 0 spiro atoms. The lowest BCUT2D eigenvalue weighted by Gasteiger charge is -2.53.